The van der Waals surface area contributed by atoms with E-state index in [4.69, 9.17) is 255 Å². The van der Waals surface area contributed by atoms with E-state index in [9.17, 15) is 0 Å². The van der Waals surface area contributed by atoms with E-state index in [0.29, 0.717) is 0 Å². The zero-order chi connectivity index (χ0) is 53.2. The van der Waals surface area contributed by atoms with Crippen LogP contribution in [0, 0.1) is 0 Å². The Balaban J connectivity index is 10.6. The van der Waals surface area contributed by atoms with E-state index in [-0.39, 0.29) is 0 Å². The summed E-state index contributed by atoms with van der Waals surface area (Å²) in [5, 5.41) is 0. The SMILES string of the molecule is [B]B([B])B(B([B])[B])B(B([B]B(B(B(B([B])[B])B([B])[B])B(B([B])[B])B([B])[B])B(B(B([B])[B])B([B])[B])B(B([B])[B])B(B([B])[B])B([B])[BH3-])B(B(B([B])[B])B([B])[B])B(B([B])[B])B([B])[B])B(B([B])[B])B([B])[B]. The molecule has 0 nitrogen and oxygen atoms in total. The second-order valence-electron chi connectivity index (χ2n) is 18.3. The minimum absolute atomic E-state index is 0.649. The first-order chi connectivity index (χ1) is 30.4. The summed E-state index contributed by atoms with van der Waals surface area (Å²) in [6, 6.07) is 0. The molecule has 0 aliphatic rings. The average molecular weight is 727 g/mol. The van der Waals surface area contributed by atoms with Gasteiger partial charge in [-0.05, 0) is 285 Å². The van der Waals surface area contributed by atoms with Crippen LogP contribution in [0.1, 0.15) is 0 Å². The molecule has 0 unspecified atom stereocenters. The first kappa shape index (κ1) is 71.4. The van der Waals surface area contributed by atoms with Gasteiger partial charge >= 0.3 is 0 Å². The van der Waals surface area contributed by atoms with Crippen molar-refractivity contribution in [3.05, 3.63) is 0 Å². The van der Waals surface area contributed by atoms with Crippen molar-refractivity contribution in [3.8, 4) is 0 Å². The lowest BCUT2D eigenvalue weighted by Crippen LogP contribution is -2.93. The molecule has 0 atom stereocenters. The Morgan fingerprint density at radius 1 is 0.164 bits per heavy atom. The smallest absolute Gasteiger partial charge is 0 e. The van der Waals surface area contributed by atoms with Crippen molar-refractivity contribution in [2.45, 2.75) is 0 Å². The molecule has 0 aliphatic carbocycles. The van der Waals surface area contributed by atoms with Crippen LogP contribution in [-0.2, 0) is 0 Å². The largest absolute Gasteiger partial charge is 0.128 e. The van der Waals surface area contributed by atoms with E-state index < -0.39 is 212 Å². The third-order valence-corrected chi connectivity index (χ3v) is 13.6. The van der Waals surface area contributed by atoms with Crippen molar-refractivity contribution in [1.29, 1.82) is 0 Å². The molecule has 205 valence electrons. The number of hydrogen-bond donors (Lipinski definition) is 0. The quantitative estimate of drug-likeness (QED) is 0.0606. The molecule has 0 N–H and O–H groups in total. The molecule has 0 saturated heterocycles. The van der Waals surface area contributed by atoms with Crippen LogP contribution in [0.5, 0.6) is 0 Å². The Morgan fingerprint density at radius 2 is 0.284 bits per heavy atom. The average Bonchev–Trinajstić information content (AvgIpc) is 3.10. The van der Waals surface area contributed by atoms with Crippen LogP contribution in [0.2, 0.25) is 0 Å². The summed E-state index contributed by atoms with van der Waals surface area (Å²) in [5.74, 6) is 0. The molecular weight excluding hydrogens is 724 g/mol. The van der Waals surface area contributed by atoms with Crippen LogP contribution in [0.15, 0.2) is 0 Å². The highest BCUT2D eigenvalue weighted by Crippen LogP contribution is 2.21. The van der Waals surface area contributed by atoms with Gasteiger partial charge in [0, 0.05) is 175 Å². The van der Waals surface area contributed by atoms with Gasteiger partial charge in [0.25, 0.3) is 0 Å². The first-order valence-electron chi connectivity index (χ1n) is 21.7. The van der Waals surface area contributed by atoms with Crippen LogP contribution in [0.3, 0.4) is 0 Å². The monoisotopic (exact) mass is 741 g/mol. The van der Waals surface area contributed by atoms with E-state index in [0.717, 1.165) is 0 Å². The fourth-order valence-corrected chi connectivity index (χ4v) is 11.0. The minimum Gasteiger partial charge on any atom is -0.128 e. The molecular formula is H3B67-. The summed E-state index contributed by atoms with van der Waals surface area (Å²) in [7, 11) is 220. The maximum Gasteiger partial charge on any atom is 0 e. The fourth-order valence-electron chi connectivity index (χ4n) is 11.0. The summed E-state index contributed by atoms with van der Waals surface area (Å²) in [5.41, 5.74) is 0. The van der Waals surface area contributed by atoms with Gasteiger partial charge in [-0.1, -0.05) is 7.74 Å². The molecule has 67 heavy (non-hydrogen) atoms. The van der Waals surface area contributed by atoms with Gasteiger partial charge in [0.2, 0.25) is 0 Å². The molecule has 67 heteroatoms. The highest BCUT2D eigenvalue weighted by atomic mass is 13.4. The van der Waals surface area contributed by atoms with Crippen molar-refractivity contribution in [2.24, 2.45) is 0 Å². The van der Waals surface area contributed by atoms with Crippen LogP contribution in [-0.4, -0.2) is 474 Å². The second-order valence-corrected chi connectivity index (χ2v) is 18.3. The number of rotatable bonds is 32. The van der Waals surface area contributed by atoms with Crippen LogP contribution >= 0.6 is 0 Å². The first-order valence-corrected chi connectivity index (χ1v) is 21.7. The third kappa shape index (κ3) is 20.0. The van der Waals surface area contributed by atoms with Crippen molar-refractivity contribution in [2.75, 3.05) is 0 Å². The maximum atomic E-state index is 6.84. The Bertz CT molecular complexity index is 1080. The zero-order valence-electron chi connectivity index (χ0n) is 38.1. The zero-order valence-corrected chi connectivity index (χ0v) is 38.1. The number of hydrogen-bond acceptors (Lipinski definition) is 0. The lowest BCUT2D eigenvalue weighted by atomic mass is 8.26. The van der Waals surface area contributed by atoms with E-state index in [1.165, 1.54) is 0 Å². The highest BCUT2D eigenvalue weighted by molar-refractivity contribution is 8.35. The van der Waals surface area contributed by atoms with Gasteiger partial charge in [0.05, 0.1) is 0 Å². The lowest BCUT2D eigenvalue weighted by Gasteiger charge is -2.55. The second kappa shape index (κ2) is 32.9. The predicted molar refractivity (Wildman–Crippen MR) is 390 cm³/mol. The van der Waals surface area contributed by atoms with Gasteiger partial charge in [-0.15, -0.1) is 6.39 Å². The summed E-state index contributed by atoms with van der Waals surface area (Å²) in [6.07, 6.45) is -42.5. The van der Waals surface area contributed by atoms with Gasteiger partial charge in [-0.2, -0.15) is 0 Å². The summed E-state index contributed by atoms with van der Waals surface area (Å²) in [6.45, 7) is 0. The van der Waals surface area contributed by atoms with Crippen molar-refractivity contribution >= 4 is 474 Å². The molecule has 0 spiro atoms. The van der Waals surface area contributed by atoms with Gasteiger partial charge in [0.1, 0.15) is 0 Å². The molecule has 0 bridgehead atoms. The standard InChI is InChI=1S/B67H3/c1-36(2)55(37(3)4)63(52(33)34)67(62(50(29)30)51(31)32)54(66(60(46(21)22)47(23)24)61(48(25)26)49(27)28)35-53(64(56(38(5)6)39(7)8)57(40(9)10)41(11)12)65(58(42(13)14)43(15)16)59(44(17)18)45(19)20/h1H3/q-1. The van der Waals surface area contributed by atoms with Gasteiger partial charge < -0.3 is 0 Å². The van der Waals surface area contributed by atoms with E-state index in [1.54, 1.807) is 7.06 Å². The normalized spacial score (nSPS) is 9.75. The lowest BCUT2D eigenvalue weighted by molar-refractivity contribution is 3.20. The molecule has 0 aliphatic heterocycles. The van der Waals surface area contributed by atoms with Crippen LogP contribution < -0.4 is 0 Å². The van der Waals surface area contributed by atoms with E-state index >= 15 is 0 Å². The molecule has 0 amide bonds. The topological polar surface area (TPSA) is 0 Å². The van der Waals surface area contributed by atoms with Crippen molar-refractivity contribution in [3.63, 3.8) is 0 Å². The molecule has 67 radical (unpaired) electrons. The van der Waals surface area contributed by atoms with Crippen LogP contribution in [0.25, 0.3) is 0 Å². The molecule has 0 fully saturated rings. The predicted octanol–water partition coefficient (Wildman–Crippen LogP) is -26.3. The Morgan fingerprint density at radius 3 is 0.388 bits per heavy atom. The van der Waals surface area contributed by atoms with E-state index in [1.807, 2.05) is 0 Å². The van der Waals surface area contributed by atoms with Gasteiger partial charge in [0.15, 0.2) is 0 Å². The Hall–Kier alpha value is 4.35. The molecule has 0 rings (SSSR count). The Labute approximate surface area is 470 Å². The molecule has 0 aromatic rings. The fraction of sp³-hybridized carbons (Fsp3) is 0. The van der Waals surface area contributed by atoms with Crippen LogP contribution in [0.4, 0.5) is 0 Å². The summed E-state index contributed by atoms with van der Waals surface area (Å²) in [4.78, 5) is 0. The van der Waals surface area contributed by atoms with E-state index in [2.05, 4.69) is 0 Å². The van der Waals surface area contributed by atoms with Gasteiger partial charge in [-0.3, -0.25) is 0 Å². The third-order valence-electron chi connectivity index (χ3n) is 13.6. The molecule has 0 aromatic carbocycles. The van der Waals surface area contributed by atoms with Crippen molar-refractivity contribution < 1.29 is 0 Å². The molecule has 0 heterocycles. The van der Waals surface area contributed by atoms with Gasteiger partial charge in [-0.25, -0.2) is 0 Å². The van der Waals surface area contributed by atoms with Crippen molar-refractivity contribution in [1.82, 2.24) is 0 Å². The molecule has 0 saturated carbocycles. The molecule has 0 aromatic heterocycles. The minimum atomic E-state index is -1.43. The maximum absolute atomic E-state index is 6.84. The summed E-state index contributed by atoms with van der Waals surface area (Å²) < 4.78 is 0. The summed E-state index contributed by atoms with van der Waals surface area (Å²) >= 11 is 0. The highest BCUT2D eigenvalue weighted by Gasteiger charge is 2.59. The Kier molecular flexibility index (Phi) is 35.1.